The molecule has 4 aromatic carbocycles. The smallest absolute Gasteiger partial charge is 0.308 e. The summed E-state index contributed by atoms with van der Waals surface area (Å²) in [5.41, 5.74) is 2.79. The zero-order chi connectivity index (χ0) is 27.5. The van der Waals surface area contributed by atoms with Crippen LogP contribution in [0.4, 0.5) is 5.69 Å². The lowest BCUT2D eigenvalue weighted by molar-refractivity contribution is -0.132. The van der Waals surface area contributed by atoms with E-state index >= 15 is 0 Å². The van der Waals surface area contributed by atoms with E-state index in [9.17, 15) is 19.2 Å². The predicted octanol–water partition coefficient (Wildman–Crippen LogP) is 5.16. The monoisotopic (exact) mass is 528 g/mol. The Morgan fingerprint density at radius 1 is 0.775 bits per heavy atom. The molecule has 3 aliphatic rings. The lowest BCUT2D eigenvalue weighted by Crippen LogP contribution is -2.44. The zero-order valence-corrected chi connectivity index (χ0v) is 21.6. The largest absolute Gasteiger partial charge is 0.427 e. The first kappa shape index (κ1) is 24.0. The summed E-state index contributed by atoms with van der Waals surface area (Å²) in [6, 6.07) is 26.0. The molecule has 0 radical (unpaired) electrons. The molecule has 0 aromatic heterocycles. The van der Waals surface area contributed by atoms with Crippen molar-refractivity contribution >= 4 is 46.1 Å². The molecule has 0 unspecified atom stereocenters. The molecule has 7 heteroatoms. The number of esters is 1. The molecular formula is C33H24N2O5. The van der Waals surface area contributed by atoms with Crippen molar-refractivity contribution in [2.45, 2.75) is 19.0 Å². The maximum atomic E-state index is 14.3. The molecule has 3 aliphatic heterocycles. The van der Waals surface area contributed by atoms with Crippen LogP contribution < -0.4 is 9.64 Å². The molecule has 0 saturated carbocycles. The van der Waals surface area contributed by atoms with Crippen LogP contribution in [0.3, 0.4) is 0 Å². The van der Waals surface area contributed by atoms with Crippen molar-refractivity contribution in [1.29, 1.82) is 0 Å². The molecule has 0 aliphatic carbocycles. The Balaban J connectivity index is 1.35. The average molecular weight is 529 g/mol. The summed E-state index contributed by atoms with van der Waals surface area (Å²) in [6.45, 7) is 1.31. The minimum atomic E-state index is -0.879. The Morgan fingerprint density at radius 3 is 2.27 bits per heavy atom. The summed E-state index contributed by atoms with van der Waals surface area (Å²) < 4.78 is 5.12. The molecular weight excluding hydrogens is 504 g/mol. The highest BCUT2D eigenvalue weighted by Gasteiger charge is 2.64. The van der Waals surface area contributed by atoms with Gasteiger partial charge in [-0.15, -0.1) is 0 Å². The number of ether oxygens (including phenoxy) is 1. The van der Waals surface area contributed by atoms with E-state index in [4.69, 9.17) is 4.74 Å². The van der Waals surface area contributed by atoms with Crippen LogP contribution in [0.15, 0.2) is 97.2 Å². The number of hydrogen-bond donors (Lipinski definition) is 0. The van der Waals surface area contributed by atoms with Gasteiger partial charge in [-0.1, -0.05) is 60.7 Å². The van der Waals surface area contributed by atoms with Gasteiger partial charge in [-0.2, -0.15) is 0 Å². The topological polar surface area (TPSA) is 84.0 Å². The quantitative estimate of drug-likeness (QED) is 0.157. The number of carbonyl (C=O) groups excluding carboxylic acids is 4. The normalized spacial score (nSPS) is 22.7. The van der Waals surface area contributed by atoms with Crippen molar-refractivity contribution in [3.8, 4) is 5.75 Å². The first-order valence-electron chi connectivity index (χ1n) is 13.2. The summed E-state index contributed by atoms with van der Waals surface area (Å²) >= 11 is 0. The number of carbonyl (C=O) groups is 4. The van der Waals surface area contributed by atoms with Gasteiger partial charge >= 0.3 is 5.97 Å². The highest BCUT2D eigenvalue weighted by atomic mass is 16.5. The Hall–Kier alpha value is -5.04. The van der Waals surface area contributed by atoms with Crippen LogP contribution in [-0.2, 0) is 14.4 Å². The van der Waals surface area contributed by atoms with Gasteiger partial charge < -0.3 is 9.64 Å². The Morgan fingerprint density at radius 2 is 1.48 bits per heavy atom. The zero-order valence-electron chi connectivity index (χ0n) is 21.6. The molecule has 7 nitrogen and oxygen atoms in total. The summed E-state index contributed by atoms with van der Waals surface area (Å²) in [6.07, 6.45) is 3.76. The minimum absolute atomic E-state index is 0.267. The standard InChI is InChI=1S/C33H24N2O5/c1-19(36)40-23-15-13-22(14-16-23)31(37)30-28-27(29-25-11-5-3-8-21(25)17-18-34(29)30)32(38)35(33(28)39)26-12-6-9-20-7-2-4-10-24(20)26/h2-18,27-30H,1H3/t27-,28+,29+,30-/m0/s1. The Bertz CT molecular complexity index is 1750. The van der Waals surface area contributed by atoms with E-state index in [2.05, 4.69) is 0 Å². The molecule has 0 bridgehead atoms. The number of fused-ring (bicyclic) bond motifs is 6. The molecule has 4 atom stereocenters. The number of benzene rings is 4. The lowest BCUT2D eigenvalue weighted by atomic mass is 9.83. The van der Waals surface area contributed by atoms with Crippen LogP contribution >= 0.6 is 0 Å². The van der Waals surface area contributed by atoms with E-state index in [1.165, 1.54) is 11.8 Å². The number of hydrogen-bond acceptors (Lipinski definition) is 6. The third kappa shape index (κ3) is 3.51. The third-order valence-electron chi connectivity index (χ3n) is 8.14. The van der Waals surface area contributed by atoms with Crippen molar-refractivity contribution in [1.82, 2.24) is 4.90 Å². The maximum Gasteiger partial charge on any atom is 0.308 e. The first-order valence-corrected chi connectivity index (χ1v) is 13.2. The fraction of sp³-hybridized carbons (Fsp3) is 0.152. The fourth-order valence-electron chi connectivity index (χ4n) is 6.52. The summed E-state index contributed by atoms with van der Waals surface area (Å²) in [5, 5.41) is 1.72. The maximum absolute atomic E-state index is 14.3. The number of anilines is 1. The minimum Gasteiger partial charge on any atom is -0.427 e. The summed E-state index contributed by atoms with van der Waals surface area (Å²) in [5.74, 6) is -2.67. The van der Waals surface area contributed by atoms with Crippen molar-refractivity contribution < 1.29 is 23.9 Å². The van der Waals surface area contributed by atoms with E-state index in [0.29, 0.717) is 17.0 Å². The van der Waals surface area contributed by atoms with Crippen LogP contribution in [0.2, 0.25) is 0 Å². The van der Waals surface area contributed by atoms with Crippen LogP contribution in [0.25, 0.3) is 16.8 Å². The first-order chi connectivity index (χ1) is 19.4. The van der Waals surface area contributed by atoms with Gasteiger partial charge in [-0.05, 0) is 52.9 Å². The van der Waals surface area contributed by atoms with Crippen LogP contribution in [0, 0.1) is 11.8 Å². The number of imide groups is 1. The van der Waals surface area contributed by atoms with Crippen molar-refractivity contribution in [2.24, 2.45) is 11.8 Å². The van der Waals surface area contributed by atoms with E-state index in [0.717, 1.165) is 21.9 Å². The van der Waals surface area contributed by atoms with Gasteiger partial charge in [-0.3, -0.25) is 19.2 Å². The Kier molecular flexibility index (Phi) is 5.42. The van der Waals surface area contributed by atoms with E-state index < -0.39 is 29.9 Å². The number of nitrogens with zero attached hydrogens (tertiary/aromatic N) is 2. The molecule has 2 fully saturated rings. The summed E-state index contributed by atoms with van der Waals surface area (Å²) in [4.78, 5) is 57.2. The summed E-state index contributed by atoms with van der Waals surface area (Å²) in [7, 11) is 0. The van der Waals surface area contributed by atoms with Gasteiger partial charge in [0.05, 0.1) is 23.6 Å². The average Bonchev–Trinajstić information content (AvgIpc) is 3.44. The van der Waals surface area contributed by atoms with Crippen molar-refractivity contribution in [3.63, 3.8) is 0 Å². The molecule has 7 rings (SSSR count). The molecule has 2 saturated heterocycles. The van der Waals surface area contributed by atoms with Crippen LogP contribution in [0.1, 0.15) is 34.5 Å². The van der Waals surface area contributed by atoms with Gasteiger partial charge in [0, 0.05) is 24.1 Å². The molecule has 4 aromatic rings. The number of ketones is 1. The van der Waals surface area contributed by atoms with Gasteiger partial charge in [-0.25, -0.2) is 4.90 Å². The number of rotatable bonds is 4. The highest BCUT2D eigenvalue weighted by Crippen LogP contribution is 2.54. The number of Topliss-reactive ketones (excluding diaryl/α,β-unsaturated/α-hetero) is 1. The highest BCUT2D eigenvalue weighted by molar-refractivity contribution is 6.27. The van der Waals surface area contributed by atoms with E-state index in [1.54, 1.807) is 30.3 Å². The SMILES string of the molecule is CC(=O)Oc1ccc(C(=O)[C@@H]2[C@@H]3C(=O)N(c4cccc5ccccc45)C(=O)[C@@H]3[C@H]3c4ccccc4C=CN23)cc1. The molecule has 2 amide bonds. The molecule has 3 heterocycles. The van der Waals surface area contributed by atoms with Gasteiger partial charge in [0.1, 0.15) is 11.8 Å². The second-order valence-electron chi connectivity index (χ2n) is 10.3. The lowest BCUT2D eigenvalue weighted by Gasteiger charge is -2.35. The van der Waals surface area contributed by atoms with E-state index in [-0.39, 0.29) is 17.6 Å². The Labute approximate surface area is 230 Å². The second kappa shape index (κ2) is 9.02. The third-order valence-corrected chi connectivity index (χ3v) is 8.14. The predicted molar refractivity (Wildman–Crippen MR) is 149 cm³/mol. The van der Waals surface area contributed by atoms with E-state index in [1.807, 2.05) is 77.8 Å². The van der Waals surface area contributed by atoms with Crippen LogP contribution in [-0.4, -0.2) is 34.5 Å². The molecule has 0 spiro atoms. The molecule has 196 valence electrons. The fourth-order valence-corrected chi connectivity index (χ4v) is 6.52. The van der Waals surface area contributed by atoms with Gasteiger partial charge in [0.2, 0.25) is 11.8 Å². The van der Waals surface area contributed by atoms with Crippen LogP contribution in [0.5, 0.6) is 5.75 Å². The van der Waals surface area contributed by atoms with Gasteiger partial charge in [0.25, 0.3) is 0 Å². The van der Waals surface area contributed by atoms with Gasteiger partial charge in [0.15, 0.2) is 5.78 Å². The van der Waals surface area contributed by atoms with Crippen molar-refractivity contribution in [2.75, 3.05) is 4.90 Å². The second-order valence-corrected chi connectivity index (χ2v) is 10.3. The van der Waals surface area contributed by atoms with Crippen molar-refractivity contribution in [3.05, 3.63) is 114 Å². The molecule has 40 heavy (non-hydrogen) atoms. The number of amides is 2. The molecule has 0 N–H and O–H groups in total.